The maximum absolute atomic E-state index is 8.65. The lowest BCUT2D eigenvalue weighted by molar-refractivity contribution is 0.313. The topological polar surface area (TPSA) is 76.4 Å². The molecule has 2 rings (SSSR count). The Morgan fingerprint density at radius 2 is 2.24 bits per heavy atom. The molecule has 1 aromatic heterocycles. The number of nitrogens with zero attached hydrogens (tertiary/aromatic N) is 3. The van der Waals surface area contributed by atoms with Gasteiger partial charge in [0.15, 0.2) is 0 Å². The van der Waals surface area contributed by atoms with Crippen molar-refractivity contribution < 1.29 is 5.21 Å². The van der Waals surface area contributed by atoms with Gasteiger partial charge in [0.05, 0.1) is 11.0 Å². The largest absolute Gasteiger partial charge is 0.409 e. The molecule has 0 fully saturated rings. The molecule has 0 aliphatic carbocycles. The standard InChI is InChI=1S/C12H16N4O/c1-8(12(13)15-17)7-16-9(2)14-10-5-3-4-6-11(10)16/h3-6,8,17H,7H2,1-2H3,(H2,13,15). The van der Waals surface area contributed by atoms with Gasteiger partial charge >= 0.3 is 0 Å². The first-order chi connectivity index (χ1) is 8.13. The van der Waals surface area contributed by atoms with Gasteiger partial charge in [0.2, 0.25) is 0 Å². The second kappa shape index (κ2) is 4.45. The number of aryl methyl sites for hydroxylation is 1. The van der Waals surface area contributed by atoms with Gasteiger partial charge in [-0.1, -0.05) is 24.2 Å². The predicted molar refractivity (Wildman–Crippen MR) is 67.0 cm³/mol. The SMILES string of the molecule is Cc1nc2ccccc2n1CC(C)/C(N)=N/O. The van der Waals surface area contributed by atoms with Crippen LogP contribution in [0, 0.1) is 12.8 Å². The minimum Gasteiger partial charge on any atom is -0.409 e. The Bertz CT molecular complexity index is 559. The molecule has 0 amide bonds. The van der Waals surface area contributed by atoms with Crippen LogP contribution in [0.3, 0.4) is 0 Å². The molecule has 17 heavy (non-hydrogen) atoms. The summed E-state index contributed by atoms with van der Waals surface area (Å²) in [4.78, 5) is 4.47. The zero-order chi connectivity index (χ0) is 12.4. The van der Waals surface area contributed by atoms with Crippen molar-refractivity contribution in [2.75, 3.05) is 0 Å². The summed E-state index contributed by atoms with van der Waals surface area (Å²) >= 11 is 0. The lowest BCUT2D eigenvalue weighted by Crippen LogP contribution is -2.25. The van der Waals surface area contributed by atoms with Gasteiger partial charge in [0.25, 0.3) is 0 Å². The van der Waals surface area contributed by atoms with Crippen molar-refractivity contribution in [3.05, 3.63) is 30.1 Å². The van der Waals surface area contributed by atoms with Crippen molar-refractivity contribution in [3.63, 3.8) is 0 Å². The molecule has 0 bridgehead atoms. The number of rotatable bonds is 3. The molecule has 1 atom stereocenters. The van der Waals surface area contributed by atoms with E-state index in [1.54, 1.807) is 0 Å². The van der Waals surface area contributed by atoms with Crippen molar-refractivity contribution in [3.8, 4) is 0 Å². The number of benzene rings is 1. The van der Waals surface area contributed by atoms with Crippen LogP contribution in [0.4, 0.5) is 0 Å². The van der Waals surface area contributed by atoms with Crippen LogP contribution in [0.5, 0.6) is 0 Å². The van der Waals surface area contributed by atoms with E-state index in [-0.39, 0.29) is 11.8 Å². The van der Waals surface area contributed by atoms with E-state index < -0.39 is 0 Å². The Morgan fingerprint density at radius 3 is 2.94 bits per heavy atom. The zero-order valence-electron chi connectivity index (χ0n) is 9.96. The molecule has 0 saturated carbocycles. The molecule has 1 aromatic carbocycles. The number of aromatic nitrogens is 2. The first kappa shape index (κ1) is 11.4. The van der Waals surface area contributed by atoms with Crippen molar-refractivity contribution in [2.45, 2.75) is 20.4 Å². The van der Waals surface area contributed by atoms with E-state index in [1.807, 2.05) is 38.1 Å². The molecule has 0 spiro atoms. The fourth-order valence-corrected chi connectivity index (χ4v) is 1.89. The predicted octanol–water partition coefficient (Wildman–Crippen LogP) is 1.73. The molecule has 0 saturated heterocycles. The number of fused-ring (bicyclic) bond motifs is 1. The highest BCUT2D eigenvalue weighted by atomic mass is 16.4. The summed E-state index contributed by atoms with van der Waals surface area (Å²) in [5.41, 5.74) is 7.63. The molecule has 5 nitrogen and oxygen atoms in total. The summed E-state index contributed by atoms with van der Waals surface area (Å²) in [6.45, 7) is 4.53. The third-order valence-corrected chi connectivity index (χ3v) is 2.92. The van der Waals surface area contributed by atoms with Gasteiger partial charge in [-0.15, -0.1) is 0 Å². The minimum absolute atomic E-state index is 0.0312. The van der Waals surface area contributed by atoms with Crippen LogP contribution in [-0.2, 0) is 6.54 Å². The Hall–Kier alpha value is -2.04. The van der Waals surface area contributed by atoms with Gasteiger partial charge in [-0.25, -0.2) is 4.98 Å². The summed E-state index contributed by atoms with van der Waals surface area (Å²) in [6.07, 6.45) is 0. The van der Waals surface area contributed by atoms with E-state index >= 15 is 0 Å². The van der Waals surface area contributed by atoms with E-state index in [0.29, 0.717) is 6.54 Å². The molecule has 1 heterocycles. The molecule has 0 aliphatic heterocycles. The van der Waals surface area contributed by atoms with Crippen LogP contribution in [0.2, 0.25) is 0 Å². The second-order valence-corrected chi connectivity index (χ2v) is 4.18. The van der Waals surface area contributed by atoms with Crippen LogP contribution in [0.1, 0.15) is 12.7 Å². The third kappa shape index (κ3) is 2.08. The quantitative estimate of drug-likeness (QED) is 0.366. The van der Waals surface area contributed by atoms with Crippen molar-refractivity contribution >= 4 is 16.9 Å². The van der Waals surface area contributed by atoms with Crippen LogP contribution in [-0.4, -0.2) is 20.6 Å². The Labute approximate surface area is 99.6 Å². The normalized spacial score (nSPS) is 14.1. The van der Waals surface area contributed by atoms with Crippen LogP contribution in [0.25, 0.3) is 11.0 Å². The maximum atomic E-state index is 8.65. The van der Waals surface area contributed by atoms with Gasteiger partial charge in [-0.2, -0.15) is 0 Å². The Kier molecular flexibility index (Phi) is 2.99. The van der Waals surface area contributed by atoms with Gasteiger partial charge in [-0.3, -0.25) is 0 Å². The van der Waals surface area contributed by atoms with Crippen molar-refractivity contribution in [1.29, 1.82) is 0 Å². The van der Waals surface area contributed by atoms with Crippen LogP contribution >= 0.6 is 0 Å². The Morgan fingerprint density at radius 1 is 1.53 bits per heavy atom. The minimum atomic E-state index is -0.0312. The van der Waals surface area contributed by atoms with Crippen molar-refractivity contribution in [1.82, 2.24) is 9.55 Å². The maximum Gasteiger partial charge on any atom is 0.143 e. The fraction of sp³-hybridized carbons (Fsp3) is 0.333. The number of nitrogens with two attached hydrogens (primary N) is 1. The van der Waals surface area contributed by atoms with Gasteiger partial charge in [0, 0.05) is 12.5 Å². The second-order valence-electron chi connectivity index (χ2n) is 4.18. The summed E-state index contributed by atoms with van der Waals surface area (Å²) in [7, 11) is 0. The van der Waals surface area contributed by atoms with Gasteiger partial charge < -0.3 is 15.5 Å². The molecular formula is C12H16N4O. The molecule has 5 heteroatoms. The molecule has 1 unspecified atom stereocenters. The lowest BCUT2D eigenvalue weighted by Gasteiger charge is -2.12. The number of amidine groups is 1. The van der Waals surface area contributed by atoms with Gasteiger partial charge in [-0.05, 0) is 19.1 Å². The van der Waals surface area contributed by atoms with E-state index in [1.165, 1.54) is 0 Å². The number of hydrogen-bond acceptors (Lipinski definition) is 3. The van der Waals surface area contributed by atoms with E-state index in [2.05, 4.69) is 14.7 Å². The first-order valence-electron chi connectivity index (χ1n) is 5.52. The molecule has 0 aliphatic rings. The molecule has 0 radical (unpaired) electrons. The molecule has 3 N–H and O–H groups in total. The molecule has 2 aromatic rings. The summed E-state index contributed by atoms with van der Waals surface area (Å²) in [5.74, 6) is 1.14. The molecular weight excluding hydrogens is 216 g/mol. The average molecular weight is 232 g/mol. The van der Waals surface area contributed by atoms with Crippen molar-refractivity contribution in [2.24, 2.45) is 16.8 Å². The smallest absolute Gasteiger partial charge is 0.143 e. The Balaban J connectivity index is 2.39. The monoisotopic (exact) mass is 232 g/mol. The highest BCUT2D eigenvalue weighted by molar-refractivity contribution is 5.82. The first-order valence-corrected chi connectivity index (χ1v) is 5.52. The lowest BCUT2D eigenvalue weighted by atomic mass is 10.1. The van der Waals surface area contributed by atoms with E-state index in [9.17, 15) is 0 Å². The van der Waals surface area contributed by atoms with E-state index in [0.717, 1.165) is 16.9 Å². The molecule has 90 valence electrons. The average Bonchev–Trinajstić information content (AvgIpc) is 2.65. The highest BCUT2D eigenvalue weighted by Gasteiger charge is 2.13. The number of hydrogen-bond donors (Lipinski definition) is 2. The number of para-hydroxylation sites is 2. The zero-order valence-corrected chi connectivity index (χ0v) is 9.96. The summed E-state index contributed by atoms with van der Waals surface area (Å²) < 4.78 is 2.08. The highest BCUT2D eigenvalue weighted by Crippen LogP contribution is 2.17. The van der Waals surface area contributed by atoms with Gasteiger partial charge in [0.1, 0.15) is 11.7 Å². The van der Waals surface area contributed by atoms with E-state index in [4.69, 9.17) is 10.9 Å². The van der Waals surface area contributed by atoms with Crippen LogP contribution < -0.4 is 5.73 Å². The third-order valence-electron chi connectivity index (χ3n) is 2.92. The number of oxime groups is 1. The summed E-state index contributed by atoms with van der Waals surface area (Å²) in [5, 5.41) is 11.7. The van der Waals surface area contributed by atoms with Crippen LogP contribution in [0.15, 0.2) is 29.4 Å². The number of imidazole rings is 1. The summed E-state index contributed by atoms with van der Waals surface area (Å²) in [6, 6.07) is 7.95. The fourth-order valence-electron chi connectivity index (χ4n) is 1.89.